The number of phenolic OH excluding ortho intramolecular Hbond substituents is 2. The first-order valence-electron chi connectivity index (χ1n) is 9.30. The van der Waals surface area contributed by atoms with Crippen molar-refractivity contribution < 1.29 is 10.2 Å². The Morgan fingerprint density at radius 1 is 1.07 bits per heavy atom. The molecular formula is C22H21N3O2S. The van der Waals surface area contributed by atoms with E-state index in [-0.39, 0.29) is 11.5 Å². The number of nitrogens with one attached hydrogen (secondary N) is 1. The van der Waals surface area contributed by atoms with Crippen LogP contribution in [0.1, 0.15) is 25.3 Å². The van der Waals surface area contributed by atoms with Gasteiger partial charge in [0.1, 0.15) is 11.5 Å². The molecule has 0 saturated carbocycles. The molecule has 5 nitrogen and oxygen atoms in total. The van der Waals surface area contributed by atoms with Crippen molar-refractivity contribution in [2.75, 3.05) is 0 Å². The molecule has 4 aromatic rings. The van der Waals surface area contributed by atoms with Gasteiger partial charge in [-0.05, 0) is 54.2 Å². The van der Waals surface area contributed by atoms with Gasteiger partial charge in [-0.3, -0.25) is 9.67 Å². The molecule has 6 heteroatoms. The maximum Gasteiger partial charge on any atom is 0.200 e. The third-order valence-corrected chi connectivity index (χ3v) is 5.15. The molecule has 0 saturated heterocycles. The lowest BCUT2D eigenvalue weighted by molar-refractivity contribution is 0.451. The van der Waals surface area contributed by atoms with Crippen LogP contribution < -0.4 is 0 Å². The minimum Gasteiger partial charge on any atom is -0.508 e. The predicted octanol–water partition coefficient (Wildman–Crippen LogP) is 5.50. The molecule has 0 aliphatic rings. The van der Waals surface area contributed by atoms with Crippen molar-refractivity contribution in [2.45, 2.75) is 26.2 Å². The summed E-state index contributed by atoms with van der Waals surface area (Å²) in [5.74, 6) is 0.425. The molecule has 0 aliphatic carbocycles. The van der Waals surface area contributed by atoms with E-state index in [9.17, 15) is 10.2 Å². The van der Waals surface area contributed by atoms with E-state index in [1.165, 1.54) is 30.5 Å². The van der Waals surface area contributed by atoms with Crippen LogP contribution in [0.3, 0.4) is 0 Å². The van der Waals surface area contributed by atoms with Crippen molar-refractivity contribution in [3.8, 4) is 28.6 Å². The van der Waals surface area contributed by atoms with E-state index < -0.39 is 0 Å². The van der Waals surface area contributed by atoms with E-state index >= 15 is 0 Å². The Balaban J connectivity index is 1.89. The zero-order valence-corrected chi connectivity index (χ0v) is 16.3. The molecule has 0 fully saturated rings. The number of rotatable bonds is 5. The fourth-order valence-corrected chi connectivity index (χ4v) is 3.69. The van der Waals surface area contributed by atoms with Gasteiger partial charge in [0.05, 0.1) is 11.3 Å². The van der Waals surface area contributed by atoms with Crippen molar-refractivity contribution in [3.63, 3.8) is 0 Å². The monoisotopic (exact) mass is 391 g/mol. The Labute approximate surface area is 167 Å². The third-order valence-electron chi connectivity index (χ3n) is 4.88. The highest BCUT2D eigenvalue weighted by molar-refractivity contribution is 7.71. The molecule has 0 atom stereocenters. The van der Waals surface area contributed by atoms with Gasteiger partial charge >= 0.3 is 0 Å². The van der Waals surface area contributed by atoms with Crippen molar-refractivity contribution in [1.82, 2.24) is 14.8 Å². The Bertz CT molecular complexity index is 1210. The van der Waals surface area contributed by atoms with Crippen LogP contribution >= 0.6 is 12.2 Å². The number of aromatic amines is 1. The fourth-order valence-electron chi connectivity index (χ4n) is 3.46. The highest BCUT2D eigenvalue weighted by Crippen LogP contribution is 2.34. The van der Waals surface area contributed by atoms with Crippen LogP contribution in [0.15, 0.2) is 54.6 Å². The summed E-state index contributed by atoms with van der Waals surface area (Å²) in [5.41, 5.74) is 2.70. The molecule has 0 amide bonds. The number of phenols is 2. The first-order valence-corrected chi connectivity index (χ1v) is 9.71. The van der Waals surface area contributed by atoms with Crippen LogP contribution in [-0.4, -0.2) is 25.0 Å². The SMILES string of the molecule is CCCCc1ccc2c(-n3c(-c4ccc(O)cc4O)n[nH]c3=S)cccc2c1. The van der Waals surface area contributed by atoms with E-state index in [0.717, 1.165) is 22.9 Å². The zero-order valence-electron chi connectivity index (χ0n) is 15.5. The number of unbranched alkanes of at least 4 members (excludes halogenated alkanes) is 1. The minimum atomic E-state index is -0.0580. The molecule has 0 aliphatic heterocycles. The highest BCUT2D eigenvalue weighted by Gasteiger charge is 2.16. The van der Waals surface area contributed by atoms with Crippen LogP contribution in [0.4, 0.5) is 0 Å². The van der Waals surface area contributed by atoms with E-state index in [4.69, 9.17) is 12.2 Å². The average molecular weight is 391 g/mol. The average Bonchev–Trinajstić information content (AvgIpc) is 3.06. The first-order chi connectivity index (χ1) is 13.6. The second-order valence-corrected chi connectivity index (χ2v) is 7.21. The molecule has 1 heterocycles. The van der Waals surface area contributed by atoms with E-state index in [2.05, 4.69) is 41.4 Å². The summed E-state index contributed by atoms with van der Waals surface area (Å²) < 4.78 is 2.25. The molecule has 1 aromatic heterocycles. The summed E-state index contributed by atoms with van der Waals surface area (Å²) in [6.45, 7) is 2.19. The quantitative estimate of drug-likeness (QED) is 0.393. The molecule has 3 aromatic carbocycles. The summed E-state index contributed by atoms with van der Waals surface area (Å²) in [6.07, 6.45) is 3.40. The first kappa shape index (κ1) is 18.3. The van der Waals surface area contributed by atoms with Crippen LogP contribution in [0, 0.1) is 4.77 Å². The number of hydrogen-bond acceptors (Lipinski definition) is 4. The lowest BCUT2D eigenvalue weighted by Crippen LogP contribution is -1.99. The van der Waals surface area contributed by atoms with Crippen molar-refractivity contribution in [3.05, 3.63) is 64.9 Å². The van der Waals surface area contributed by atoms with E-state index in [0.29, 0.717) is 16.2 Å². The van der Waals surface area contributed by atoms with Crippen LogP contribution in [-0.2, 0) is 6.42 Å². The number of nitrogens with zero attached hydrogens (tertiary/aromatic N) is 2. The van der Waals surface area contributed by atoms with Crippen LogP contribution in [0.5, 0.6) is 11.5 Å². The van der Waals surface area contributed by atoms with Gasteiger partial charge in [0.2, 0.25) is 0 Å². The lowest BCUT2D eigenvalue weighted by atomic mass is 10.0. The Morgan fingerprint density at radius 3 is 2.71 bits per heavy atom. The smallest absolute Gasteiger partial charge is 0.200 e. The molecular weight excluding hydrogens is 370 g/mol. The standard InChI is InChI=1S/C22H21N3O2S/c1-2-3-5-14-8-10-17-15(12-14)6-4-7-19(17)25-21(23-24-22(25)28)18-11-9-16(26)13-20(18)27/h4,6-13,26-27H,2-3,5H2,1H3,(H,24,28). The number of H-pyrrole nitrogens is 1. The number of hydrogen-bond donors (Lipinski definition) is 3. The Morgan fingerprint density at radius 2 is 1.93 bits per heavy atom. The van der Waals surface area contributed by atoms with Crippen LogP contribution in [0.25, 0.3) is 27.8 Å². The fraction of sp³-hybridized carbons (Fsp3) is 0.182. The number of aromatic hydroxyl groups is 2. The van der Waals surface area contributed by atoms with Crippen molar-refractivity contribution in [1.29, 1.82) is 0 Å². The molecule has 4 rings (SSSR count). The minimum absolute atomic E-state index is 0.00768. The Kier molecular flexibility index (Phi) is 4.88. The molecule has 0 radical (unpaired) electrons. The normalized spacial score (nSPS) is 11.2. The second-order valence-electron chi connectivity index (χ2n) is 6.83. The summed E-state index contributed by atoms with van der Waals surface area (Å²) in [5, 5.41) is 29.2. The van der Waals surface area contributed by atoms with Crippen molar-refractivity contribution >= 4 is 23.0 Å². The van der Waals surface area contributed by atoms with Crippen LogP contribution in [0.2, 0.25) is 0 Å². The maximum absolute atomic E-state index is 10.3. The van der Waals surface area contributed by atoms with Crippen molar-refractivity contribution in [2.24, 2.45) is 0 Å². The lowest BCUT2D eigenvalue weighted by Gasteiger charge is -2.12. The summed E-state index contributed by atoms with van der Waals surface area (Å²) in [4.78, 5) is 0. The number of fused-ring (bicyclic) bond motifs is 1. The molecule has 0 spiro atoms. The topological polar surface area (TPSA) is 74.1 Å². The van der Waals surface area contributed by atoms with Gasteiger partial charge < -0.3 is 10.2 Å². The highest BCUT2D eigenvalue weighted by atomic mass is 32.1. The predicted molar refractivity (Wildman–Crippen MR) is 114 cm³/mol. The van der Waals surface area contributed by atoms with Gasteiger partial charge in [0, 0.05) is 11.5 Å². The zero-order chi connectivity index (χ0) is 19.7. The molecule has 142 valence electrons. The Hall–Kier alpha value is -3.12. The molecule has 0 unspecified atom stereocenters. The van der Waals surface area contributed by atoms with Gasteiger partial charge in [-0.15, -0.1) is 0 Å². The second kappa shape index (κ2) is 7.48. The maximum atomic E-state index is 10.3. The largest absolute Gasteiger partial charge is 0.508 e. The molecule has 3 N–H and O–H groups in total. The summed E-state index contributed by atoms with van der Waals surface area (Å²) in [6, 6.07) is 17.0. The number of aromatic nitrogens is 3. The van der Waals surface area contributed by atoms with E-state index in [1.54, 1.807) is 6.07 Å². The number of aryl methyl sites for hydroxylation is 1. The van der Waals surface area contributed by atoms with Gasteiger partial charge in [-0.1, -0.05) is 43.7 Å². The number of benzene rings is 3. The van der Waals surface area contributed by atoms with Gasteiger partial charge in [0.15, 0.2) is 10.6 Å². The third kappa shape index (κ3) is 3.27. The van der Waals surface area contributed by atoms with Gasteiger partial charge in [-0.2, -0.15) is 5.10 Å². The molecule has 28 heavy (non-hydrogen) atoms. The van der Waals surface area contributed by atoms with Gasteiger partial charge in [0.25, 0.3) is 0 Å². The van der Waals surface area contributed by atoms with Gasteiger partial charge in [-0.25, -0.2) is 0 Å². The molecule has 0 bridgehead atoms. The summed E-state index contributed by atoms with van der Waals surface area (Å²) in [7, 11) is 0. The van der Waals surface area contributed by atoms with E-state index in [1.807, 2.05) is 16.7 Å². The summed E-state index contributed by atoms with van der Waals surface area (Å²) >= 11 is 5.48.